The number of ether oxygens (including phenoxy) is 2. The maximum atomic E-state index is 13.2. The van der Waals surface area contributed by atoms with Crippen molar-refractivity contribution in [2.24, 2.45) is 0 Å². The first-order valence-electron chi connectivity index (χ1n) is 11.3. The van der Waals surface area contributed by atoms with Gasteiger partial charge in [-0.25, -0.2) is 14.5 Å². The Morgan fingerprint density at radius 3 is 2.23 bits per heavy atom. The highest BCUT2D eigenvalue weighted by Gasteiger charge is 2.37. The van der Waals surface area contributed by atoms with Gasteiger partial charge in [0.25, 0.3) is 17.7 Å². The standard InChI is InChI=1S/C27H18Br2ClN3O7/c1-39-26(37)15-2-8-18(9-3-15)33-25(36)19(24(35)32-27(33)38)10-14-11-20(28)23(21(29)12-14)40-13-22(34)31-17-6-4-16(30)5-7-17/h2-12H,13H2,1H3,(H,31,34)(H,32,35,38)/b19-10+. The second-order valence-corrected chi connectivity index (χ2v) is 10.3. The number of carbonyl (C=O) groups is 5. The van der Waals surface area contributed by atoms with Gasteiger partial charge in [0, 0.05) is 10.7 Å². The smallest absolute Gasteiger partial charge is 0.337 e. The van der Waals surface area contributed by atoms with Gasteiger partial charge in [-0.2, -0.15) is 0 Å². The molecule has 40 heavy (non-hydrogen) atoms. The van der Waals surface area contributed by atoms with Crippen LogP contribution in [0.5, 0.6) is 5.75 Å². The van der Waals surface area contributed by atoms with Gasteiger partial charge in [0.15, 0.2) is 6.61 Å². The average Bonchev–Trinajstić information content (AvgIpc) is 2.91. The normalized spacial score (nSPS) is 14.2. The number of benzene rings is 3. The molecule has 204 valence electrons. The van der Waals surface area contributed by atoms with Crippen molar-refractivity contribution in [1.29, 1.82) is 0 Å². The molecule has 1 fully saturated rings. The molecule has 0 unspecified atom stereocenters. The molecule has 1 aliphatic rings. The fourth-order valence-corrected chi connectivity index (χ4v) is 5.17. The number of barbiturate groups is 1. The number of rotatable bonds is 7. The molecule has 0 bridgehead atoms. The van der Waals surface area contributed by atoms with Crippen LogP contribution in [0.2, 0.25) is 5.02 Å². The predicted octanol–water partition coefficient (Wildman–Crippen LogP) is 5.34. The summed E-state index contributed by atoms with van der Waals surface area (Å²) < 4.78 is 11.2. The van der Waals surface area contributed by atoms with E-state index >= 15 is 0 Å². The monoisotopic (exact) mass is 689 g/mol. The zero-order chi connectivity index (χ0) is 29.0. The molecule has 1 saturated heterocycles. The van der Waals surface area contributed by atoms with Gasteiger partial charge in [-0.05, 0) is 104 Å². The third kappa shape index (κ3) is 6.58. The molecule has 0 atom stereocenters. The Labute approximate surface area is 249 Å². The van der Waals surface area contributed by atoms with Crippen molar-refractivity contribution in [3.05, 3.63) is 91.3 Å². The van der Waals surface area contributed by atoms with Crippen LogP contribution in [0.1, 0.15) is 15.9 Å². The molecule has 2 N–H and O–H groups in total. The molecule has 1 aliphatic heterocycles. The fourth-order valence-electron chi connectivity index (χ4n) is 3.59. The summed E-state index contributed by atoms with van der Waals surface area (Å²) in [6, 6.07) is 14.4. The number of hydrogen-bond donors (Lipinski definition) is 2. The van der Waals surface area contributed by atoms with E-state index in [-0.39, 0.29) is 23.4 Å². The van der Waals surface area contributed by atoms with E-state index in [1.165, 1.54) is 37.5 Å². The van der Waals surface area contributed by atoms with Gasteiger partial charge in [0.05, 0.1) is 27.3 Å². The first-order chi connectivity index (χ1) is 19.1. The second kappa shape index (κ2) is 12.5. The summed E-state index contributed by atoms with van der Waals surface area (Å²) >= 11 is 12.6. The summed E-state index contributed by atoms with van der Waals surface area (Å²) in [4.78, 5) is 63.0. The Morgan fingerprint density at radius 1 is 1.00 bits per heavy atom. The number of nitrogens with zero attached hydrogens (tertiary/aromatic N) is 1. The van der Waals surface area contributed by atoms with Gasteiger partial charge in [-0.1, -0.05) is 11.6 Å². The fraction of sp³-hybridized carbons (Fsp3) is 0.0741. The first kappa shape index (κ1) is 29.0. The second-order valence-electron chi connectivity index (χ2n) is 8.15. The molecule has 3 aromatic carbocycles. The van der Waals surface area contributed by atoms with Crippen LogP contribution < -0.4 is 20.3 Å². The van der Waals surface area contributed by atoms with Gasteiger partial charge in [0.1, 0.15) is 11.3 Å². The molecule has 0 radical (unpaired) electrons. The topological polar surface area (TPSA) is 131 Å². The minimum atomic E-state index is -0.930. The number of esters is 1. The average molecular weight is 692 g/mol. The van der Waals surface area contributed by atoms with Crippen molar-refractivity contribution >= 4 is 90.6 Å². The molecule has 0 aromatic heterocycles. The Bertz CT molecular complexity index is 1530. The van der Waals surface area contributed by atoms with E-state index in [2.05, 4.69) is 47.2 Å². The van der Waals surface area contributed by atoms with Crippen LogP contribution in [0.4, 0.5) is 16.2 Å². The minimum Gasteiger partial charge on any atom is -0.481 e. The van der Waals surface area contributed by atoms with Gasteiger partial charge in [-0.15, -0.1) is 0 Å². The summed E-state index contributed by atoms with van der Waals surface area (Å²) in [6.45, 7) is -0.299. The Morgan fingerprint density at radius 2 is 1.62 bits per heavy atom. The van der Waals surface area contributed by atoms with Crippen LogP contribution in [0.25, 0.3) is 6.08 Å². The van der Waals surface area contributed by atoms with Crippen molar-refractivity contribution in [1.82, 2.24) is 5.32 Å². The highest BCUT2D eigenvalue weighted by molar-refractivity contribution is 9.11. The summed E-state index contributed by atoms with van der Waals surface area (Å²) in [7, 11) is 1.23. The zero-order valence-corrected chi connectivity index (χ0v) is 24.4. The summed E-state index contributed by atoms with van der Waals surface area (Å²) in [5.41, 5.74) is 1.05. The number of imide groups is 2. The lowest BCUT2D eigenvalue weighted by molar-refractivity contribution is -0.122. The third-order valence-corrected chi connectivity index (χ3v) is 6.89. The van der Waals surface area contributed by atoms with Crippen molar-refractivity contribution in [3.8, 4) is 5.75 Å². The Hall–Kier alpha value is -4.00. The molecule has 0 aliphatic carbocycles. The van der Waals surface area contributed by atoms with Crippen molar-refractivity contribution in [2.75, 3.05) is 23.9 Å². The third-order valence-electron chi connectivity index (χ3n) is 5.46. The largest absolute Gasteiger partial charge is 0.481 e. The highest BCUT2D eigenvalue weighted by atomic mass is 79.9. The van der Waals surface area contributed by atoms with Crippen LogP contribution in [0, 0.1) is 0 Å². The molecule has 13 heteroatoms. The number of anilines is 2. The lowest BCUT2D eigenvalue weighted by atomic mass is 10.1. The number of urea groups is 1. The van der Waals surface area contributed by atoms with Crippen LogP contribution >= 0.6 is 43.5 Å². The molecular weight excluding hydrogens is 674 g/mol. The molecular formula is C27H18Br2ClN3O7. The number of hydrogen-bond acceptors (Lipinski definition) is 7. The van der Waals surface area contributed by atoms with Crippen LogP contribution in [-0.2, 0) is 19.1 Å². The van der Waals surface area contributed by atoms with Crippen LogP contribution in [-0.4, -0.2) is 43.4 Å². The summed E-state index contributed by atoms with van der Waals surface area (Å²) in [5.74, 6) is -2.39. The Kier molecular flexibility index (Phi) is 9.03. The van der Waals surface area contributed by atoms with Gasteiger partial charge in [-0.3, -0.25) is 19.7 Å². The number of carbonyl (C=O) groups excluding carboxylic acids is 5. The number of halogens is 3. The minimum absolute atomic E-state index is 0.150. The lowest BCUT2D eigenvalue weighted by Crippen LogP contribution is -2.54. The molecule has 5 amide bonds. The summed E-state index contributed by atoms with van der Waals surface area (Å²) in [6.07, 6.45) is 1.31. The van der Waals surface area contributed by atoms with Crippen LogP contribution in [0.15, 0.2) is 75.2 Å². The number of amides is 5. The highest BCUT2D eigenvalue weighted by Crippen LogP contribution is 2.36. The molecule has 4 rings (SSSR count). The van der Waals surface area contributed by atoms with Crippen molar-refractivity contribution < 1.29 is 33.4 Å². The molecule has 3 aromatic rings. The molecule has 1 heterocycles. The SMILES string of the molecule is COC(=O)c1ccc(N2C(=O)NC(=O)/C(=C\c3cc(Br)c(OCC(=O)Nc4ccc(Cl)cc4)c(Br)c3)C2=O)cc1. The van der Waals surface area contributed by atoms with E-state index in [0.717, 1.165) is 4.90 Å². The quantitative estimate of drug-likeness (QED) is 0.195. The van der Waals surface area contributed by atoms with E-state index < -0.39 is 29.7 Å². The lowest BCUT2D eigenvalue weighted by Gasteiger charge is -2.26. The molecule has 10 nitrogen and oxygen atoms in total. The van der Waals surface area contributed by atoms with Crippen molar-refractivity contribution in [2.45, 2.75) is 0 Å². The van der Waals surface area contributed by atoms with E-state index in [1.54, 1.807) is 36.4 Å². The van der Waals surface area contributed by atoms with Gasteiger partial charge in [0.2, 0.25) is 0 Å². The van der Waals surface area contributed by atoms with Gasteiger partial charge < -0.3 is 14.8 Å². The van der Waals surface area contributed by atoms with Crippen molar-refractivity contribution in [3.63, 3.8) is 0 Å². The van der Waals surface area contributed by atoms with Gasteiger partial charge >= 0.3 is 12.0 Å². The number of nitrogens with one attached hydrogen (secondary N) is 2. The van der Waals surface area contributed by atoms with E-state index in [1.807, 2.05) is 0 Å². The van der Waals surface area contributed by atoms with E-state index in [0.29, 0.717) is 31.0 Å². The maximum absolute atomic E-state index is 13.2. The van der Waals surface area contributed by atoms with E-state index in [4.69, 9.17) is 16.3 Å². The molecule has 0 spiro atoms. The Balaban J connectivity index is 1.51. The number of methoxy groups -OCH3 is 1. The zero-order valence-electron chi connectivity index (χ0n) is 20.5. The first-order valence-corrected chi connectivity index (χ1v) is 13.3. The van der Waals surface area contributed by atoms with E-state index in [9.17, 15) is 24.0 Å². The summed E-state index contributed by atoms with van der Waals surface area (Å²) in [5, 5.41) is 5.37. The maximum Gasteiger partial charge on any atom is 0.337 e. The van der Waals surface area contributed by atoms with Crippen LogP contribution in [0.3, 0.4) is 0 Å². The molecule has 0 saturated carbocycles. The predicted molar refractivity (Wildman–Crippen MR) is 154 cm³/mol.